The van der Waals surface area contributed by atoms with Crippen LogP contribution in [-0.4, -0.2) is 30.3 Å². The summed E-state index contributed by atoms with van der Waals surface area (Å²) in [6.45, 7) is 11.5. The van der Waals surface area contributed by atoms with E-state index in [1.807, 2.05) is 18.1 Å². The molecule has 0 aromatic carbocycles. The van der Waals surface area contributed by atoms with Gasteiger partial charge in [-0.25, -0.2) is 5.01 Å². The van der Waals surface area contributed by atoms with Crippen molar-refractivity contribution in [1.82, 2.24) is 10.3 Å². The Morgan fingerprint density at radius 3 is 2.73 bits per heavy atom. The predicted octanol–water partition coefficient (Wildman–Crippen LogP) is 5.68. The molecule has 166 valence electrons. The van der Waals surface area contributed by atoms with Crippen molar-refractivity contribution >= 4 is 11.7 Å². The van der Waals surface area contributed by atoms with Crippen molar-refractivity contribution in [2.45, 2.75) is 73.1 Å². The second kappa shape index (κ2) is 11.8. The molecular formula is C25H39N3O2. The summed E-state index contributed by atoms with van der Waals surface area (Å²) in [6, 6.07) is 0. The van der Waals surface area contributed by atoms with Crippen LogP contribution in [0.1, 0.15) is 73.1 Å². The Kier molecular flexibility index (Phi) is 9.41. The summed E-state index contributed by atoms with van der Waals surface area (Å²) in [6.07, 6.45) is 14.3. The molecule has 2 aliphatic heterocycles. The number of allylic oxidation sites excluding steroid dienone is 3. The molecule has 0 radical (unpaired) electrons. The van der Waals surface area contributed by atoms with Crippen molar-refractivity contribution in [3.05, 3.63) is 47.0 Å². The molecule has 0 aromatic rings. The van der Waals surface area contributed by atoms with E-state index in [0.717, 1.165) is 62.2 Å². The lowest BCUT2D eigenvalue weighted by Crippen LogP contribution is -2.25. The summed E-state index contributed by atoms with van der Waals surface area (Å²) in [5.41, 5.74) is 5.73. The number of nitrogens with zero attached hydrogens (tertiary/aromatic N) is 2. The van der Waals surface area contributed by atoms with Crippen LogP contribution in [-0.2, 0) is 9.53 Å². The Labute approximate surface area is 182 Å². The van der Waals surface area contributed by atoms with E-state index in [2.05, 4.69) is 56.3 Å². The molecule has 0 aliphatic carbocycles. The molecule has 5 nitrogen and oxygen atoms in total. The Bertz CT molecular complexity index is 758. The molecule has 0 saturated heterocycles. The molecule has 5 heteroatoms. The monoisotopic (exact) mass is 413 g/mol. The minimum atomic E-state index is -0.220. The van der Waals surface area contributed by atoms with Gasteiger partial charge in [-0.05, 0) is 56.3 Å². The van der Waals surface area contributed by atoms with E-state index >= 15 is 0 Å². The van der Waals surface area contributed by atoms with E-state index in [4.69, 9.17) is 4.74 Å². The van der Waals surface area contributed by atoms with Crippen molar-refractivity contribution in [2.24, 2.45) is 16.9 Å². The van der Waals surface area contributed by atoms with Crippen molar-refractivity contribution in [3.63, 3.8) is 0 Å². The molecule has 30 heavy (non-hydrogen) atoms. The summed E-state index contributed by atoms with van der Waals surface area (Å²) in [5.74, 6) is 0.288. The van der Waals surface area contributed by atoms with Gasteiger partial charge in [0.15, 0.2) is 0 Å². The molecule has 0 aromatic heterocycles. The number of rotatable bonds is 10. The molecule has 2 unspecified atom stereocenters. The van der Waals surface area contributed by atoms with E-state index < -0.39 is 0 Å². The van der Waals surface area contributed by atoms with Crippen LogP contribution in [0.15, 0.2) is 52.1 Å². The molecule has 1 N–H and O–H groups in total. The number of esters is 1. The Hall–Kier alpha value is -2.30. The average molecular weight is 414 g/mol. The molecule has 0 saturated carbocycles. The highest BCUT2D eigenvalue weighted by molar-refractivity contribution is 5.83. The van der Waals surface area contributed by atoms with Gasteiger partial charge in [-0.15, -0.1) is 0 Å². The number of carbonyl (C=O) groups is 1. The summed E-state index contributed by atoms with van der Waals surface area (Å²) >= 11 is 0. The Morgan fingerprint density at radius 1 is 1.37 bits per heavy atom. The van der Waals surface area contributed by atoms with E-state index in [1.165, 1.54) is 18.3 Å². The third-order valence-electron chi connectivity index (χ3n) is 6.00. The number of ether oxygens (including phenoxy) is 1. The van der Waals surface area contributed by atoms with Crippen LogP contribution in [0.5, 0.6) is 0 Å². The second-order valence-corrected chi connectivity index (χ2v) is 8.31. The molecule has 2 rings (SSSR count). The smallest absolute Gasteiger partial charge is 0.314 e. The highest BCUT2D eigenvalue weighted by atomic mass is 16.5. The van der Waals surface area contributed by atoms with Gasteiger partial charge in [0.05, 0.1) is 18.7 Å². The minimum Gasteiger partial charge on any atom is -0.469 e. The standard InChI is InChI=1S/C25H39N3O2/c1-7-11-23(25(29)30-6)24-22(14-13-18(4)8-2)20(17-26-24)16-21(9-3)28-15-10-12-19(5)27-28/h9-10,15-16,18,23,26H,7-8,11-14,17H2,1-6H3/b20-16+,21-9+. The van der Waals surface area contributed by atoms with E-state index in [9.17, 15) is 4.79 Å². The van der Waals surface area contributed by atoms with Gasteiger partial charge in [-0.2, -0.15) is 5.10 Å². The van der Waals surface area contributed by atoms with Crippen LogP contribution < -0.4 is 5.32 Å². The van der Waals surface area contributed by atoms with Gasteiger partial charge in [0.25, 0.3) is 0 Å². The first-order valence-corrected chi connectivity index (χ1v) is 11.4. The molecule has 2 heterocycles. The van der Waals surface area contributed by atoms with Crippen LogP contribution in [0, 0.1) is 11.8 Å². The lowest BCUT2D eigenvalue weighted by Gasteiger charge is -2.21. The predicted molar refractivity (Wildman–Crippen MR) is 125 cm³/mol. The van der Waals surface area contributed by atoms with Crippen molar-refractivity contribution in [3.8, 4) is 0 Å². The van der Waals surface area contributed by atoms with Crippen molar-refractivity contribution in [1.29, 1.82) is 0 Å². The zero-order valence-electron chi connectivity index (χ0n) is 19.6. The zero-order chi connectivity index (χ0) is 22.1. The van der Waals surface area contributed by atoms with Gasteiger partial charge in [-0.1, -0.05) is 45.8 Å². The third-order valence-corrected chi connectivity index (χ3v) is 6.00. The fourth-order valence-electron chi connectivity index (χ4n) is 3.93. The fourth-order valence-corrected chi connectivity index (χ4v) is 3.93. The van der Waals surface area contributed by atoms with Gasteiger partial charge < -0.3 is 10.1 Å². The maximum Gasteiger partial charge on any atom is 0.314 e. The van der Waals surface area contributed by atoms with Crippen molar-refractivity contribution < 1.29 is 9.53 Å². The highest BCUT2D eigenvalue weighted by Crippen LogP contribution is 2.34. The normalized spacial score (nSPS) is 20.3. The Balaban J connectivity index is 2.42. The Morgan fingerprint density at radius 2 is 2.13 bits per heavy atom. The van der Waals surface area contributed by atoms with E-state index in [-0.39, 0.29) is 11.9 Å². The minimum absolute atomic E-state index is 0.146. The van der Waals surface area contributed by atoms with Crippen LogP contribution in [0.4, 0.5) is 0 Å². The molecule has 0 spiro atoms. The van der Waals surface area contributed by atoms with Gasteiger partial charge >= 0.3 is 5.97 Å². The number of hydrazone groups is 1. The number of hydrogen-bond donors (Lipinski definition) is 1. The molecule has 0 fully saturated rings. The summed E-state index contributed by atoms with van der Waals surface area (Å²) < 4.78 is 5.14. The molecular weight excluding hydrogens is 374 g/mol. The molecule has 0 amide bonds. The van der Waals surface area contributed by atoms with E-state index in [0.29, 0.717) is 5.92 Å². The third kappa shape index (κ3) is 6.10. The van der Waals surface area contributed by atoms with Crippen LogP contribution in [0.3, 0.4) is 0 Å². The number of hydrogen-bond acceptors (Lipinski definition) is 5. The van der Waals surface area contributed by atoms with Crippen molar-refractivity contribution in [2.75, 3.05) is 13.7 Å². The summed E-state index contributed by atoms with van der Waals surface area (Å²) in [4.78, 5) is 12.5. The maximum atomic E-state index is 12.5. The summed E-state index contributed by atoms with van der Waals surface area (Å²) in [7, 11) is 1.48. The van der Waals surface area contributed by atoms with Gasteiger partial charge in [-0.3, -0.25) is 4.79 Å². The topological polar surface area (TPSA) is 53.9 Å². The van der Waals surface area contributed by atoms with Gasteiger partial charge in [0.2, 0.25) is 0 Å². The van der Waals surface area contributed by atoms with Crippen LogP contribution >= 0.6 is 0 Å². The first-order valence-electron chi connectivity index (χ1n) is 11.4. The molecule has 0 bridgehead atoms. The van der Waals surface area contributed by atoms with Crippen LogP contribution in [0.25, 0.3) is 0 Å². The number of carbonyl (C=O) groups excluding carboxylic acids is 1. The number of methoxy groups -OCH3 is 1. The molecule has 2 aliphatic rings. The lowest BCUT2D eigenvalue weighted by molar-refractivity contribution is -0.144. The van der Waals surface area contributed by atoms with E-state index in [1.54, 1.807) is 0 Å². The SMILES string of the molecule is C/C=C(\C=C1/CNC(C(CCC)C(=O)OC)=C1CCC(C)CC)N1C=CCC(C)=N1. The first-order chi connectivity index (χ1) is 14.4. The average Bonchev–Trinajstić information content (AvgIpc) is 3.15. The first kappa shape index (κ1) is 24.0. The van der Waals surface area contributed by atoms with Crippen LogP contribution in [0.2, 0.25) is 0 Å². The second-order valence-electron chi connectivity index (χ2n) is 8.31. The highest BCUT2D eigenvalue weighted by Gasteiger charge is 2.31. The zero-order valence-corrected chi connectivity index (χ0v) is 19.6. The quantitative estimate of drug-likeness (QED) is 0.468. The maximum absolute atomic E-state index is 12.5. The fraction of sp³-hybridized carbons (Fsp3) is 0.600. The summed E-state index contributed by atoms with van der Waals surface area (Å²) in [5, 5.41) is 10.2. The molecule has 2 atom stereocenters. The largest absolute Gasteiger partial charge is 0.469 e. The lowest BCUT2D eigenvalue weighted by atomic mass is 9.90. The number of nitrogens with one attached hydrogen (secondary N) is 1. The van der Waals surface area contributed by atoms with Gasteiger partial charge in [0.1, 0.15) is 0 Å². The van der Waals surface area contributed by atoms with Gasteiger partial charge in [0, 0.05) is 30.6 Å².